The van der Waals surface area contributed by atoms with Crippen LogP contribution in [0.15, 0.2) is 164 Å². The Hall–Kier alpha value is -3.22. The zero-order valence-electron chi connectivity index (χ0n) is 23.1. The third-order valence-electron chi connectivity index (χ3n) is 6.24. The van der Waals surface area contributed by atoms with E-state index in [0.717, 1.165) is 6.42 Å². The average molecular weight is 651 g/mol. The van der Waals surface area contributed by atoms with Crippen molar-refractivity contribution in [2.24, 2.45) is 0 Å². The molecule has 0 N–H and O–H groups in total. The van der Waals surface area contributed by atoms with Crippen LogP contribution in [0.5, 0.6) is 0 Å². The molecule has 41 heavy (non-hydrogen) atoms. The van der Waals surface area contributed by atoms with E-state index in [4.69, 9.17) is 0 Å². The predicted molar refractivity (Wildman–Crippen MR) is 163 cm³/mol. The molecule has 1 aliphatic carbocycles. The van der Waals surface area contributed by atoms with Crippen molar-refractivity contribution in [1.82, 2.24) is 0 Å². The van der Waals surface area contributed by atoms with Gasteiger partial charge in [0.25, 0.3) is 0 Å². The van der Waals surface area contributed by atoms with Crippen LogP contribution in [-0.2, 0) is 30.7 Å². The molecule has 6 aromatic carbocycles. The van der Waals surface area contributed by atoms with Crippen LogP contribution in [0.2, 0.25) is 0 Å². The van der Waals surface area contributed by atoms with E-state index in [1.54, 1.807) is 0 Å². The third-order valence-corrected chi connectivity index (χ3v) is 7.66. The Kier molecular flexibility index (Phi) is 15.8. The molecule has 6 aromatic rings. The number of halogens is 2. The van der Waals surface area contributed by atoms with Crippen molar-refractivity contribution < 1.29 is 49.0 Å². The minimum absolute atomic E-state index is 0. The maximum absolute atomic E-state index is 3.30. The van der Waals surface area contributed by atoms with E-state index in [9.17, 15) is 0 Å². The minimum atomic E-state index is 0. The van der Waals surface area contributed by atoms with Gasteiger partial charge in [0, 0.05) is 0 Å². The van der Waals surface area contributed by atoms with Gasteiger partial charge >= 0.3 is 99.2 Å². The van der Waals surface area contributed by atoms with Gasteiger partial charge in [0.2, 0.25) is 0 Å². The summed E-state index contributed by atoms with van der Waals surface area (Å²) in [5.74, 6) is 0. The van der Waals surface area contributed by atoms with Crippen molar-refractivity contribution in [2.75, 3.05) is 0 Å². The topological polar surface area (TPSA) is 0 Å². The van der Waals surface area contributed by atoms with Crippen molar-refractivity contribution in [2.45, 2.75) is 13.3 Å². The zero-order valence-corrected chi connectivity index (χ0v) is 27.0. The van der Waals surface area contributed by atoms with Crippen LogP contribution in [0.3, 0.4) is 0 Å². The van der Waals surface area contributed by atoms with Crippen molar-refractivity contribution in [3.8, 4) is 11.1 Å². The van der Waals surface area contributed by atoms with Gasteiger partial charge in [-0.15, -0.1) is 5.56 Å². The summed E-state index contributed by atoms with van der Waals surface area (Å²) in [6.07, 6.45) is 1.05. The molecule has 0 unspecified atom stereocenters. The summed E-state index contributed by atoms with van der Waals surface area (Å²) in [6, 6.07) is 59.5. The number of hydrogen-bond donors (Lipinski definition) is 0. The molecular weight excluding hydrogens is 619 g/mol. The largest absolute Gasteiger partial charge is 0.214 e. The first kappa shape index (κ1) is 34.0. The molecule has 0 heterocycles. The number of aryl methyl sites for hydroxylation is 1. The molecule has 0 aromatic heterocycles. The second-order valence-electron chi connectivity index (χ2n) is 9.12. The Morgan fingerprint density at radius 1 is 0.585 bits per heavy atom. The molecule has 0 aliphatic heterocycles. The Balaban J connectivity index is 0.000000201. The fourth-order valence-electron chi connectivity index (χ4n) is 4.23. The first-order valence-electron chi connectivity index (χ1n) is 13.2. The summed E-state index contributed by atoms with van der Waals surface area (Å²) in [5, 5.41) is 0. The van der Waals surface area contributed by atoms with Crippen molar-refractivity contribution in [1.29, 1.82) is 0 Å². The SMILES string of the molecule is Cc1ccccc1.[Cl-].[Cl-].[Zr+2]=[C](c1ccccc1)c1ccccc1.[c-]1cccc2c1Cc1ccccc1-2.c1cc[cH-]c1. The van der Waals surface area contributed by atoms with Gasteiger partial charge in [0.1, 0.15) is 0 Å². The van der Waals surface area contributed by atoms with Crippen molar-refractivity contribution in [3.63, 3.8) is 0 Å². The summed E-state index contributed by atoms with van der Waals surface area (Å²) >= 11 is 1.46. The molecule has 0 saturated heterocycles. The number of rotatable bonds is 2. The van der Waals surface area contributed by atoms with Crippen LogP contribution in [0.1, 0.15) is 27.8 Å². The van der Waals surface area contributed by atoms with E-state index in [-0.39, 0.29) is 24.8 Å². The maximum atomic E-state index is 3.30. The monoisotopic (exact) mass is 648 g/mol. The molecule has 3 heteroatoms. The van der Waals surface area contributed by atoms with Gasteiger partial charge in [-0.1, -0.05) is 71.3 Å². The van der Waals surface area contributed by atoms with Gasteiger partial charge in [-0.25, -0.2) is 12.1 Å². The molecule has 0 fully saturated rings. The number of hydrogen-bond acceptors (Lipinski definition) is 0. The average Bonchev–Trinajstić information content (AvgIpc) is 3.71. The van der Waals surface area contributed by atoms with E-state index >= 15 is 0 Å². The van der Waals surface area contributed by atoms with Crippen molar-refractivity contribution in [3.05, 3.63) is 198 Å². The molecule has 1 aliphatic rings. The fourth-order valence-corrected chi connectivity index (χ4v) is 5.05. The minimum Gasteiger partial charge on any atom is -0.214 e. The zero-order chi connectivity index (χ0) is 27.1. The summed E-state index contributed by atoms with van der Waals surface area (Å²) < 4.78 is 1.42. The van der Waals surface area contributed by atoms with E-state index in [0.29, 0.717) is 0 Å². The Labute approximate surface area is 272 Å². The summed E-state index contributed by atoms with van der Waals surface area (Å²) in [4.78, 5) is 0. The Morgan fingerprint density at radius 3 is 1.56 bits per heavy atom. The van der Waals surface area contributed by atoms with Crippen LogP contribution in [0.25, 0.3) is 11.1 Å². The van der Waals surface area contributed by atoms with Gasteiger partial charge in [0.05, 0.1) is 0 Å². The molecule has 204 valence electrons. The Bertz CT molecular complexity index is 1430. The van der Waals surface area contributed by atoms with Gasteiger partial charge in [-0.2, -0.15) is 48.0 Å². The Morgan fingerprint density at radius 2 is 1.07 bits per heavy atom. The molecular formula is C38H32Cl2Zr-2. The number of fused-ring (bicyclic) bond motifs is 3. The van der Waals surface area contributed by atoms with Gasteiger partial charge in [0.15, 0.2) is 0 Å². The first-order valence-corrected chi connectivity index (χ1v) is 14.4. The normalized spacial score (nSPS) is 9.73. The van der Waals surface area contributed by atoms with Gasteiger partial charge < -0.3 is 24.8 Å². The van der Waals surface area contributed by atoms with Crippen LogP contribution in [0, 0.1) is 13.0 Å². The molecule has 0 radical (unpaired) electrons. The predicted octanol–water partition coefficient (Wildman–Crippen LogP) is 3.27. The molecule has 0 bridgehead atoms. The van der Waals surface area contributed by atoms with Gasteiger partial charge in [-0.3, -0.25) is 0 Å². The fraction of sp³-hybridized carbons (Fsp3) is 0.0526. The van der Waals surface area contributed by atoms with Crippen LogP contribution >= 0.6 is 0 Å². The van der Waals surface area contributed by atoms with E-state index in [1.165, 1.54) is 66.4 Å². The van der Waals surface area contributed by atoms with E-state index in [1.807, 2.05) is 54.6 Å². The second kappa shape index (κ2) is 19.0. The molecule has 0 atom stereocenters. The standard InChI is InChI=1S/C13H9.C13H10.C7H8.C5H5.2ClH.Zr/c1-3-7-12-10(5-1)9-11-6-2-4-8-13(11)12;1-3-7-12(8-4-1)11-13-9-5-2-6-10-13;1-7-5-3-2-4-6-7;1-2-4-5-3-1;;;/h1-5,7-8H,9H2;1-10H;2-6H,1H3;1-5H;2*1H;/q-1;;;-1;;;+2/p-2. The van der Waals surface area contributed by atoms with Crippen LogP contribution in [0.4, 0.5) is 0 Å². The third kappa shape index (κ3) is 10.9. The summed E-state index contributed by atoms with van der Waals surface area (Å²) in [6.45, 7) is 2.08. The van der Waals surface area contributed by atoms with E-state index in [2.05, 4.69) is 122 Å². The van der Waals surface area contributed by atoms with E-state index < -0.39 is 0 Å². The summed E-state index contributed by atoms with van der Waals surface area (Å²) in [7, 11) is 0. The van der Waals surface area contributed by atoms with Gasteiger partial charge in [-0.05, 0) is 13.3 Å². The summed E-state index contributed by atoms with van der Waals surface area (Å²) in [5.41, 5.74) is 9.49. The molecule has 0 amide bonds. The van der Waals surface area contributed by atoms with Crippen LogP contribution < -0.4 is 24.8 Å². The molecule has 7 rings (SSSR count). The van der Waals surface area contributed by atoms with Crippen LogP contribution in [-0.4, -0.2) is 3.21 Å². The molecule has 0 saturated carbocycles. The number of benzene rings is 5. The second-order valence-corrected chi connectivity index (χ2v) is 10.3. The molecule has 0 spiro atoms. The maximum Gasteiger partial charge on any atom is -0.0253 e. The smallest absolute Gasteiger partial charge is 0.0253 e. The first-order chi connectivity index (χ1) is 19.2. The molecule has 0 nitrogen and oxygen atoms in total. The van der Waals surface area contributed by atoms with Crippen molar-refractivity contribution >= 4 is 3.21 Å². The quantitative estimate of drug-likeness (QED) is 0.252.